The van der Waals surface area contributed by atoms with Crippen LogP contribution in [0, 0.1) is 0 Å². The van der Waals surface area contributed by atoms with E-state index < -0.39 is 0 Å². The Morgan fingerprint density at radius 3 is 1.00 bits per heavy atom. The van der Waals surface area contributed by atoms with Gasteiger partial charge in [0.25, 0.3) is 0 Å². The zero-order chi connectivity index (χ0) is 3.58. The molecule has 0 atom stereocenters. The van der Waals surface area contributed by atoms with Crippen LogP contribution in [-0.2, 0) is 16.5 Å². The summed E-state index contributed by atoms with van der Waals surface area (Å²) in [7, 11) is 0. The first-order valence-electron chi connectivity index (χ1n) is 0.775. The summed E-state index contributed by atoms with van der Waals surface area (Å²) in [5.74, 6) is 13.5. The van der Waals surface area contributed by atoms with Crippen molar-refractivity contribution in [2.45, 2.75) is 0 Å². The molecule has 0 unspecified atom stereocenters. The Morgan fingerprint density at radius 1 is 1.00 bits per heavy atom. The Morgan fingerprint density at radius 2 is 1.00 bits per heavy atom. The molecule has 0 heterocycles. The van der Waals surface area contributed by atoms with E-state index in [4.69, 9.17) is 0 Å². The Balaban J connectivity index is 0. The zero-order valence-corrected chi connectivity index (χ0v) is 3.48. The first kappa shape index (κ1) is 9.01. The van der Waals surface area contributed by atoms with E-state index in [1.54, 1.807) is 0 Å². The molecule has 0 rings (SSSR count). The molecule has 0 aliphatic heterocycles. The molecule has 0 aromatic carbocycles. The van der Waals surface area contributed by atoms with E-state index >= 15 is 0 Å². The second kappa shape index (κ2) is 4.33. The van der Waals surface area contributed by atoms with Crippen molar-refractivity contribution in [3.05, 3.63) is 0 Å². The van der Waals surface area contributed by atoms with Gasteiger partial charge in [-0.2, -0.15) is 0 Å². The summed E-state index contributed by atoms with van der Waals surface area (Å²) >= 11 is 0. The normalized spacial score (nSPS) is 7.20. The van der Waals surface area contributed by atoms with Crippen LogP contribution in [0.5, 0.6) is 0 Å². The van der Waals surface area contributed by atoms with E-state index in [0.29, 0.717) is 5.23 Å². The molecule has 0 aromatic rings. The Bertz CT molecular complexity index is 8.36. The van der Waals surface area contributed by atoms with Gasteiger partial charge in [0.05, 0.1) is 0 Å². The molecule has 0 saturated heterocycles. The van der Waals surface area contributed by atoms with Crippen LogP contribution >= 0.6 is 0 Å². The Hall–Kier alpha value is 0.334. The van der Waals surface area contributed by atoms with E-state index in [2.05, 4.69) is 17.5 Å². The van der Waals surface area contributed by atoms with Crippen molar-refractivity contribution in [1.29, 1.82) is 0 Å². The molecule has 5 heavy (non-hydrogen) atoms. The Kier molecular flexibility index (Phi) is 7.81. The SMILES string of the molecule is NN(N)N.[Ni]. The molecule has 0 aromatic heterocycles. The fourth-order valence-electron chi connectivity index (χ4n) is 0. The van der Waals surface area contributed by atoms with Gasteiger partial charge in [-0.3, -0.25) is 0 Å². The van der Waals surface area contributed by atoms with Gasteiger partial charge in [0, 0.05) is 16.5 Å². The van der Waals surface area contributed by atoms with Crippen molar-refractivity contribution in [2.75, 3.05) is 0 Å². The molecule has 5 heteroatoms. The molecule has 0 bridgehead atoms. The van der Waals surface area contributed by atoms with Gasteiger partial charge in [0.2, 0.25) is 0 Å². The second-order valence-electron chi connectivity index (χ2n) is 0.447. The summed E-state index contributed by atoms with van der Waals surface area (Å²) < 4.78 is 0. The molecule has 36 valence electrons. The molecule has 0 spiro atoms. The van der Waals surface area contributed by atoms with E-state index in [0.717, 1.165) is 0 Å². The van der Waals surface area contributed by atoms with Crippen LogP contribution < -0.4 is 17.5 Å². The van der Waals surface area contributed by atoms with Crippen molar-refractivity contribution >= 4 is 0 Å². The van der Waals surface area contributed by atoms with Gasteiger partial charge in [0.1, 0.15) is 0 Å². The van der Waals surface area contributed by atoms with Crippen LogP contribution in [0.2, 0.25) is 0 Å². The molecule has 4 nitrogen and oxygen atoms in total. The van der Waals surface area contributed by atoms with Crippen LogP contribution in [0.1, 0.15) is 0 Å². The van der Waals surface area contributed by atoms with Crippen molar-refractivity contribution in [2.24, 2.45) is 17.5 Å². The first-order valence-corrected chi connectivity index (χ1v) is 0.775. The molecule has 0 amide bonds. The zero-order valence-electron chi connectivity index (χ0n) is 2.50. The maximum atomic E-state index is 4.50. The van der Waals surface area contributed by atoms with Crippen LogP contribution in [0.25, 0.3) is 0 Å². The van der Waals surface area contributed by atoms with Gasteiger partial charge in [-0.25, -0.2) is 17.5 Å². The second-order valence-corrected chi connectivity index (χ2v) is 0.447. The van der Waals surface area contributed by atoms with E-state index in [-0.39, 0.29) is 16.5 Å². The largest absolute Gasteiger partial charge is 0.241 e. The Labute approximate surface area is 40.1 Å². The van der Waals surface area contributed by atoms with E-state index in [1.807, 2.05) is 0 Å². The third kappa shape index (κ3) is 212. The standard InChI is InChI=1S/H6N4.Ni/c1-4(2)3;/h1-3H2;. The van der Waals surface area contributed by atoms with Crippen molar-refractivity contribution in [1.82, 2.24) is 5.23 Å². The predicted molar refractivity (Wildman–Crippen MR) is 14.4 cm³/mol. The van der Waals surface area contributed by atoms with E-state index in [9.17, 15) is 0 Å². The minimum absolute atomic E-state index is 0. The minimum atomic E-state index is 0. The molecule has 0 aliphatic rings. The third-order valence-electron chi connectivity index (χ3n) is 0. The summed E-state index contributed by atoms with van der Waals surface area (Å²) in [5.41, 5.74) is 0. The number of nitrogens with two attached hydrogens (primary N) is 3. The number of rotatable bonds is 0. The molecular formula is H6N4Ni. The monoisotopic (exact) mass is 120 g/mol. The van der Waals surface area contributed by atoms with Gasteiger partial charge < -0.3 is 0 Å². The molecule has 0 aliphatic carbocycles. The minimum Gasteiger partial charge on any atom is -0.241 e. The summed E-state index contributed by atoms with van der Waals surface area (Å²) in [6, 6.07) is 0. The molecular weight excluding hydrogens is 115 g/mol. The molecule has 6 N–H and O–H groups in total. The smallest absolute Gasteiger partial charge is 0 e. The number of hydrogen-bond acceptors (Lipinski definition) is 4. The van der Waals surface area contributed by atoms with E-state index in [1.165, 1.54) is 0 Å². The van der Waals surface area contributed by atoms with Gasteiger partial charge in [-0.15, -0.1) is 5.23 Å². The first-order chi connectivity index (χ1) is 1.73. The summed E-state index contributed by atoms with van der Waals surface area (Å²) in [6.07, 6.45) is 0. The fourth-order valence-corrected chi connectivity index (χ4v) is 0. The average Bonchev–Trinajstić information content (AvgIpc) is 0.811. The summed E-state index contributed by atoms with van der Waals surface area (Å²) in [5, 5.41) is 0.500. The predicted octanol–water partition coefficient (Wildman–Crippen LogP) is -2.09. The van der Waals surface area contributed by atoms with Crippen LogP contribution in [0.15, 0.2) is 0 Å². The van der Waals surface area contributed by atoms with Gasteiger partial charge in [0.15, 0.2) is 0 Å². The molecule has 0 fully saturated rings. The third-order valence-corrected chi connectivity index (χ3v) is 0. The van der Waals surface area contributed by atoms with Crippen molar-refractivity contribution in [3.63, 3.8) is 0 Å². The van der Waals surface area contributed by atoms with Crippen LogP contribution in [0.4, 0.5) is 0 Å². The summed E-state index contributed by atoms with van der Waals surface area (Å²) in [4.78, 5) is 0. The topological polar surface area (TPSA) is 81.3 Å². The maximum absolute atomic E-state index is 4.50. The van der Waals surface area contributed by atoms with Crippen LogP contribution in [-0.4, -0.2) is 5.23 Å². The van der Waals surface area contributed by atoms with Crippen molar-refractivity contribution in [3.8, 4) is 0 Å². The summed E-state index contributed by atoms with van der Waals surface area (Å²) in [6.45, 7) is 0. The van der Waals surface area contributed by atoms with Gasteiger partial charge in [-0.05, 0) is 0 Å². The fraction of sp³-hybridized carbons (Fsp3) is 0. The number of hydrogen-bond donors (Lipinski definition) is 3. The van der Waals surface area contributed by atoms with Crippen molar-refractivity contribution < 1.29 is 16.5 Å². The van der Waals surface area contributed by atoms with Gasteiger partial charge >= 0.3 is 0 Å². The quantitative estimate of drug-likeness (QED) is 0.195. The molecule has 0 radical (unpaired) electrons. The van der Waals surface area contributed by atoms with Gasteiger partial charge in [-0.1, -0.05) is 0 Å². The number of hydrazine groups is 3. The van der Waals surface area contributed by atoms with Crippen LogP contribution in [0.3, 0.4) is 0 Å². The average molecular weight is 121 g/mol. The molecule has 0 saturated carbocycles. The number of nitrogens with zero attached hydrogens (tertiary/aromatic N) is 1. The maximum Gasteiger partial charge on any atom is 0 e.